The third kappa shape index (κ3) is 4.22. The Kier molecular flexibility index (Phi) is 5.96. The average Bonchev–Trinajstić information content (AvgIpc) is 3.07. The second-order valence-corrected chi connectivity index (χ2v) is 12.1. The van der Waals surface area contributed by atoms with Crippen LogP contribution in [0.25, 0.3) is 0 Å². The molecule has 2 aliphatic carbocycles. The first kappa shape index (κ1) is 24.3. The Labute approximate surface area is 192 Å². The maximum Gasteiger partial charge on any atom is 0.417 e. The molecule has 1 amide bonds. The van der Waals surface area contributed by atoms with Crippen molar-refractivity contribution in [2.75, 3.05) is 36.8 Å². The van der Waals surface area contributed by atoms with Gasteiger partial charge in [-0.1, -0.05) is 13.8 Å². The Hall–Kier alpha value is -1.88. The molecule has 11 heteroatoms. The van der Waals surface area contributed by atoms with Gasteiger partial charge < -0.3 is 10.2 Å². The number of aromatic nitrogens is 1. The minimum Gasteiger partial charge on any atom is -0.354 e. The number of fused-ring (bicyclic) bond motifs is 2. The summed E-state index contributed by atoms with van der Waals surface area (Å²) in [6.45, 7) is 6.91. The van der Waals surface area contributed by atoms with Crippen LogP contribution in [0.5, 0.6) is 0 Å². The maximum absolute atomic E-state index is 13.5. The van der Waals surface area contributed by atoms with Gasteiger partial charge in [0, 0.05) is 50.8 Å². The highest BCUT2D eigenvalue weighted by molar-refractivity contribution is 7.89. The van der Waals surface area contributed by atoms with Crippen molar-refractivity contribution in [2.45, 2.75) is 52.3 Å². The summed E-state index contributed by atoms with van der Waals surface area (Å²) < 4.78 is 66.8. The van der Waals surface area contributed by atoms with E-state index in [4.69, 9.17) is 0 Å². The molecule has 3 fully saturated rings. The zero-order chi connectivity index (χ0) is 24.2. The molecule has 2 heterocycles. The number of pyridine rings is 1. The fraction of sp³-hybridized carbons (Fsp3) is 0.727. The van der Waals surface area contributed by atoms with Crippen LogP contribution in [0.15, 0.2) is 18.3 Å². The SMILES string of the molecule is CC(=O)NC1C[C@H]2CC[C@]1(CS(=O)(=O)N1CCN(c3ccc(C(F)(F)F)cn3)CC1)C2(C)C. The fourth-order valence-corrected chi connectivity index (χ4v) is 8.49. The van der Waals surface area contributed by atoms with E-state index in [2.05, 4.69) is 24.1 Å². The summed E-state index contributed by atoms with van der Waals surface area (Å²) in [6.07, 6.45) is -1.11. The van der Waals surface area contributed by atoms with Gasteiger partial charge in [0.15, 0.2) is 0 Å². The van der Waals surface area contributed by atoms with Crippen LogP contribution in [0, 0.1) is 16.7 Å². The number of amides is 1. The molecule has 184 valence electrons. The van der Waals surface area contributed by atoms with Gasteiger partial charge in [-0.05, 0) is 42.7 Å². The van der Waals surface area contributed by atoms with Crippen LogP contribution in [-0.4, -0.2) is 61.6 Å². The van der Waals surface area contributed by atoms with Gasteiger partial charge in [-0.15, -0.1) is 0 Å². The smallest absolute Gasteiger partial charge is 0.354 e. The lowest BCUT2D eigenvalue weighted by atomic mass is 9.69. The van der Waals surface area contributed by atoms with E-state index in [1.54, 1.807) is 4.90 Å². The first-order valence-corrected chi connectivity index (χ1v) is 12.9. The van der Waals surface area contributed by atoms with Crippen LogP contribution >= 0.6 is 0 Å². The molecule has 0 aromatic carbocycles. The number of nitrogens with one attached hydrogen (secondary N) is 1. The Morgan fingerprint density at radius 3 is 2.39 bits per heavy atom. The van der Waals surface area contributed by atoms with Crippen LogP contribution < -0.4 is 10.2 Å². The molecule has 2 bridgehead atoms. The lowest BCUT2D eigenvalue weighted by Gasteiger charge is -2.44. The van der Waals surface area contributed by atoms with Crippen molar-refractivity contribution in [3.8, 4) is 0 Å². The van der Waals surface area contributed by atoms with Gasteiger partial charge in [0.2, 0.25) is 15.9 Å². The summed E-state index contributed by atoms with van der Waals surface area (Å²) in [7, 11) is -3.60. The van der Waals surface area contributed by atoms with E-state index in [-0.39, 0.29) is 36.2 Å². The molecule has 1 unspecified atom stereocenters. The van der Waals surface area contributed by atoms with Crippen LogP contribution in [-0.2, 0) is 21.0 Å². The number of carbonyl (C=O) groups is 1. The summed E-state index contributed by atoms with van der Waals surface area (Å²) in [4.78, 5) is 17.5. The number of carbonyl (C=O) groups excluding carboxylic acids is 1. The Balaban J connectivity index is 1.45. The number of alkyl halides is 3. The third-order valence-corrected chi connectivity index (χ3v) is 10.3. The lowest BCUT2D eigenvalue weighted by molar-refractivity contribution is -0.137. The number of anilines is 1. The maximum atomic E-state index is 13.5. The van der Waals surface area contributed by atoms with Crippen molar-refractivity contribution in [3.63, 3.8) is 0 Å². The molecule has 4 rings (SSSR count). The summed E-state index contributed by atoms with van der Waals surface area (Å²) in [6, 6.07) is 2.16. The highest BCUT2D eigenvalue weighted by Gasteiger charge is 2.65. The zero-order valence-corrected chi connectivity index (χ0v) is 20.0. The topological polar surface area (TPSA) is 82.6 Å². The fourth-order valence-electron chi connectivity index (χ4n) is 6.22. The van der Waals surface area contributed by atoms with Crippen LogP contribution in [0.4, 0.5) is 19.0 Å². The molecule has 1 aromatic rings. The predicted molar refractivity (Wildman–Crippen MR) is 118 cm³/mol. The predicted octanol–water partition coefficient (Wildman–Crippen LogP) is 2.88. The molecule has 1 N–H and O–H groups in total. The van der Waals surface area contributed by atoms with Crippen LogP contribution in [0.2, 0.25) is 0 Å². The molecule has 0 spiro atoms. The highest BCUT2D eigenvalue weighted by atomic mass is 32.2. The third-order valence-electron chi connectivity index (χ3n) is 8.28. The van der Waals surface area contributed by atoms with Crippen molar-refractivity contribution in [3.05, 3.63) is 23.9 Å². The Morgan fingerprint density at radius 1 is 1.21 bits per heavy atom. The van der Waals surface area contributed by atoms with Gasteiger partial charge in [-0.2, -0.15) is 17.5 Å². The van der Waals surface area contributed by atoms with E-state index in [9.17, 15) is 26.4 Å². The second kappa shape index (κ2) is 8.11. The van der Waals surface area contributed by atoms with E-state index >= 15 is 0 Å². The summed E-state index contributed by atoms with van der Waals surface area (Å²) >= 11 is 0. The van der Waals surface area contributed by atoms with Crippen LogP contribution in [0.1, 0.15) is 45.6 Å². The van der Waals surface area contributed by atoms with Crippen molar-refractivity contribution < 1.29 is 26.4 Å². The average molecular weight is 489 g/mol. The second-order valence-electron chi connectivity index (χ2n) is 10.1. The molecule has 1 aliphatic heterocycles. The Morgan fingerprint density at radius 2 is 1.88 bits per heavy atom. The molecule has 1 aromatic heterocycles. The number of hydrogen-bond acceptors (Lipinski definition) is 5. The number of nitrogens with zero attached hydrogens (tertiary/aromatic N) is 3. The zero-order valence-electron chi connectivity index (χ0n) is 19.2. The van der Waals surface area contributed by atoms with Crippen molar-refractivity contribution in [1.29, 1.82) is 0 Å². The number of halogens is 3. The van der Waals surface area contributed by atoms with E-state index in [0.29, 0.717) is 24.8 Å². The van der Waals surface area contributed by atoms with E-state index in [0.717, 1.165) is 31.5 Å². The first-order valence-electron chi connectivity index (χ1n) is 11.3. The number of hydrogen-bond donors (Lipinski definition) is 1. The molecular formula is C22H31F3N4O3S. The largest absolute Gasteiger partial charge is 0.417 e. The standard InChI is InChI=1S/C22H31F3N4O3S/c1-15(30)27-18-12-16-6-7-21(18,20(16,2)3)14-33(31,32)29-10-8-28(9-11-29)19-5-4-17(13-26-19)22(23,24)25/h4-5,13,16,18H,6-12,14H2,1-3H3,(H,27,30)/t16-,18?,21-/m1/s1. The summed E-state index contributed by atoms with van der Waals surface area (Å²) in [5, 5.41) is 3.02. The highest BCUT2D eigenvalue weighted by Crippen LogP contribution is 2.66. The normalized spacial score (nSPS) is 29.9. The van der Waals surface area contributed by atoms with Gasteiger partial charge >= 0.3 is 6.18 Å². The molecule has 3 atom stereocenters. The molecule has 3 aliphatic rings. The quantitative estimate of drug-likeness (QED) is 0.689. The minimum atomic E-state index is -4.44. The summed E-state index contributed by atoms with van der Waals surface area (Å²) in [5.74, 6) is 0.636. The van der Waals surface area contributed by atoms with Crippen LogP contribution in [0.3, 0.4) is 0 Å². The van der Waals surface area contributed by atoms with Gasteiger partial charge in [0.1, 0.15) is 5.82 Å². The number of rotatable bonds is 5. The van der Waals surface area contributed by atoms with E-state index in [1.807, 2.05) is 0 Å². The molecule has 7 nitrogen and oxygen atoms in total. The molecule has 0 radical (unpaired) electrons. The number of sulfonamides is 1. The molecular weight excluding hydrogens is 457 g/mol. The summed E-state index contributed by atoms with van der Waals surface area (Å²) in [5.41, 5.74) is -1.51. The van der Waals surface area contributed by atoms with Gasteiger partial charge in [-0.3, -0.25) is 4.79 Å². The minimum absolute atomic E-state index is 0.00697. The van der Waals surface area contributed by atoms with Crippen molar-refractivity contribution in [2.24, 2.45) is 16.7 Å². The van der Waals surface area contributed by atoms with Crippen molar-refractivity contribution >= 4 is 21.7 Å². The van der Waals surface area contributed by atoms with Gasteiger partial charge in [0.25, 0.3) is 0 Å². The van der Waals surface area contributed by atoms with Gasteiger partial charge in [-0.25, -0.2) is 13.4 Å². The monoisotopic (exact) mass is 488 g/mol. The van der Waals surface area contributed by atoms with Crippen molar-refractivity contribution in [1.82, 2.24) is 14.6 Å². The van der Waals surface area contributed by atoms with Gasteiger partial charge in [0.05, 0.1) is 11.3 Å². The van der Waals surface area contributed by atoms with E-state index < -0.39 is 27.2 Å². The molecule has 33 heavy (non-hydrogen) atoms. The molecule has 1 saturated heterocycles. The number of piperazine rings is 1. The Bertz CT molecular complexity index is 1000. The molecule has 2 saturated carbocycles. The first-order chi connectivity index (χ1) is 15.3. The lowest BCUT2D eigenvalue weighted by Crippen LogP contribution is -2.56. The van der Waals surface area contributed by atoms with E-state index in [1.165, 1.54) is 17.3 Å².